The number of aliphatic hydroxyl groups is 1. The summed E-state index contributed by atoms with van der Waals surface area (Å²) >= 11 is 0. The first-order valence-corrected chi connectivity index (χ1v) is 11.3. The molecule has 0 bridgehead atoms. The lowest BCUT2D eigenvalue weighted by atomic mass is 9.80. The average Bonchev–Trinajstić information content (AvgIpc) is 2.52. The number of unbranched alkanes of at least 4 members (excludes halogenated alkanes) is 13. The van der Waals surface area contributed by atoms with Gasteiger partial charge in [0.15, 0.2) is 0 Å². The van der Waals surface area contributed by atoms with Gasteiger partial charge in [0, 0.05) is 5.54 Å². The van der Waals surface area contributed by atoms with Gasteiger partial charge in [-0.1, -0.05) is 96.8 Å². The highest BCUT2D eigenvalue weighted by atomic mass is 16.3. The Hall–Kier alpha value is -0.0800. The zero-order valence-corrected chi connectivity index (χ0v) is 18.0. The van der Waals surface area contributed by atoms with Crippen molar-refractivity contribution in [1.29, 1.82) is 0 Å². The molecule has 3 N–H and O–H groups in total. The van der Waals surface area contributed by atoms with Crippen LogP contribution in [0, 0.1) is 5.92 Å². The van der Waals surface area contributed by atoms with Gasteiger partial charge in [-0.05, 0) is 39.5 Å². The number of nitrogens with two attached hydrogens (primary N) is 1. The Morgan fingerprint density at radius 1 is 0.720 bits per heavy atom. The van der Waals surface area contributed by atoms with Crippen LogP contribution in [0.2, 0.25) is 0 Å². The summed E-state index contributed by atoms with van der Waals surface area (Å²) < 4.78 is 0. The molecule has 2 atom stereocenters. The number of aliphatic hydroxyl groups excluding tert-OH is 1. The molecule has 0 aromatic carbocycles. The highest BCUT2D eigenvalue weighted by molar-refractivity contribution is 4.83. The van der Waals surface area contributed by atoms with Crippen molar-refractivity contribution in [1.82, 2.24) is 0 Å². The van der Waals surface area contributed by atoms with Gasteiger partial charge in [0.05, 0.1) is 6.10 Å². The van der Waals surface area contributed by atoms with Gasteiger partial charge in [0.25, 0.3) is 0 Å². The maximum Gasteiger partial charge on any atom is 0.0515 e. The second-order valence-corrected chi connectivity index (χ2v) is 8.99. The zero-order chi connectivity index (χ0) is 19.0. The van der Waals surface area contributed by atoms with E-state index in [2.05, 4.69) is 20.8 Å². The van der Waals surface area contributed by atoms with Crippen molar-refractivity contribution < 1.29 is 5.11 Å². The molecule has 0 saturated carbocycles. The van der Waals surface area contributed by atoms with Crippen LogP contribution in [0.25, 0.3) is 0 Å². The van der Waals surface area contributed by atoms with Crippen LogP contribution < -0.4 is 5.73 Å². The van der Waals surface area contributed by atoms with Crippen LogP contribution in [0.5, 0.6) is 0 Å². The van der Waals surface area contributed by atoms with Gasteiger partial charge in [-0.25, -0.2) is 0 Å². The summed E-state index contributed by atoms with van der Waals surface area (Å²) in [6, 6.07) is 0. The highest BCUT2D eigenvalue weighted by Gasteiger charge is 2.25. The molecular formula is C23H49NO. The molecule has 0 aliphatic heterocycles. The van der Waals surface area contributed by atoms with E-state index in [1.165, 1.54) is 89.9 Å². The zero-order valence-electron chi connectivity index (χ0n) is 18.0. The first-order valence-electron chi connectivity index (χ1n) is 11.3. The first-order chi connectivity index (χ1) is 11.9. The second kappa shape index (κ2) is 16.1. The van der Waals surface area contributed by atoms with E-state index >= 15 is 0 Å². The Labute approximate surface area is 159 Å². The Kier molecular flexibility index (Phi) is 16.1. The van der Waals surface area contributed by atoms with Crippen molar-refractivity contribution in [2.24, 2.45) is 11.7 Å². The highest BCUT2D eigenvalue weighted by Crippen LogP contribution is 2.26. The second-order valence-electron chi connectivity index (χ2n) is 8.99. The van der Waals surface area contributed by atoms with E-state index in [-0.39, 0.29) is 11.6 Å². The van der Waals surface area contributed by atoms with Crippen LogP contribution in [0.3, 0.4) is 0 Å². The SMILES string of the molecule is CCCCCCCCCCCCCCCCC(CC(C)O)C(C)(C)N. The summed E-state index contributed by atoms with van der Waals surface area (Å²) in [5, 5.41) is 9.65. The molecule has 0 saturated heterocycles. The maximum absolute atomic E-state index is 9.65. The van der Waals surface area contributed by atoms with E-state index in [1.807, 2.05) is 6.92 Å². The van der Waals surface area contributed by atoms with E-state index in [0.29, 0.717) is 5.92 Å². The van der Waals surface area contributed by atoms with Crippen molar-refractivity contribution >= 4 is 0 Å². The number of hydrogen-bond donors (Lipinski definition) is 2. The van der Waals surface area contributed by atoms with Crippen LogP contribution in [-0.2, 0) is 0 Å². The van der Waals surface area contributed by atoms with Crippen molar-refractivity contribution in [3.05, 3.63) is 0 Å². The average molecular weight is 356 g/mol. The lowest BCUT2D eigenvalue weighted by Crippen LogP contribution is -2.42. The fraction of sp³-hybridized carbons (Fsp3) is 1.00. The molecule has 0 aromatic rings. The molecule has 0 fully saturated rings. The van der Waals surface area contributed by atoms with Crippen molar-refractivity contribution in [2.45, 2.75) is 142 Å². The molecule has 0 aliphatic carbocycles. The van der Waals surface area contributed by atoms with Gasteiger partial charge in [0.1, 0.15) is 0 Å². The van der Waals surface area contributed by atoms with Crippen molar-refractivity contribution in [2.75, 3.05) is 0 Å². The monoisotopic (exact) mass is 355 g/mol. The van der Waals surface area contributed by atoms with E-state index < -0.39 is 0 Å². The quantitative estimate of drug-likeness (QED) is 0.260. The maximum atomic E-state index is 9.65. The Balaban J connectivity index is 3.40. The van der Waals surface area contributed by atoms with Crippen molar-refractivity contribution in [3.63, 3.8) is 0 Å². The molecule has 0 aliphatic rings. The smallest absolute Gasteiger partial charge is 0.0515 e. The molecule has 0 rings (SSSR count). The Bertz CT molecular complexity index is 270. The minimum atomic E-state index is -0.237. The third-order valence-corrected chi connectivity index (χ3v) is 5.58. The molecule has 2 unspecified atom stereocenters. The molecule has 0 spiro atoms. The summed E-state index contributed by atoms with van der Waals surface area (Å²) in [7, 11) is 0. The summed E-state index contributed by atoms with van der Waals surface area (Å²) in [5.41, 5.74) is 6.10. The fourth-order valence-electron chi connectivity index (χ4n) is 3.79. The largest absolute Gasteiger partial charge is 0.393 e. The topological polar surface area (TPSA) is 46.2 Å². The molecule has 152 valence electrons. The number of rotatable bonds is 18. The van der Waals surface area contributed by atoms with Gasteiger partial charge in [-0.2, -0.15) is 0 Å². The van der Waals surface area contributed by atoms with Crippen LogP contribution in [0.15, 0.2) is 0 Å². The van der Waals surface area contributed by atoms with E-state index in [0.717, 1.165) is 12.8 Å². The van der Waals surface area contributed by atoms with E-state index in [4.69, 9.17) is 5.73 Å². The normalized spacial score (nSPS) is 14.6. The van der Waals surface area contributed by atoms with Gasteiger partial charge in [0.2, 0.25) is 0 Å². The standard InChI is InChI=1S/C23H49NO/c1-5-6-7-8-9-10-11-12-13-14-15-16-17-18-19-22(20-21(2)25)23(3,4)24/h21-22,25H,5-20,24H2,1-4H3. The third kappa shape index (κ3) is 17.1. The van der Waals surface area contributed by atoms with Crippen LogP contribution in [-0.4, -0.2) is 16.7 Å². The lowest BCUT2D eigenvalue weighted by molar-refractivity contribution is 0.131. The summed E-state index contributed by atoms with van der Waals surface area (Å²) in [5.74, 6) is 0.435. The van der Waals surface area contributed by atoms with Gasteiger partial charge in [-0.15, -0.1) is 0 Å². The molecule has 2 nitrogen and oxygen atoms in total. The minimum Gasteiger partial charge on any atom is -0.393 e. The predicted octanol–water partition coefficient (Wildman–Crippen LogP) is 6.98. The van der Waals surface area contributed by atoms with Crippen molar-refractivity contribution in [3.8, 4) is 0 Å². The molecule has 25 heavy (non-hydrogen) atoms. The minimum absolute atomic E-state index is 0.173. The van der Waals surface area contributed by atoms with E-state index in [1.54, 1.807) is 0 Å². The van der Waals surface area contributed by atoms with Gasteiger partial charge >= 0.3 is 0 Å². The van der Waals surface area contributed by atoms with Gasteiger partial charge < -0.3 is 10.8 Å². The third-order valence-electron chi connectivity index (χ3n) is 5.58. The summed E-state index contributed by atoms with van der Waals surface area (Å²) in [6.45, 7) is 8.37. The lowest BCUT2D eigenvalue weighted by Gasteiger charge is -2.31. The molecule has 0 radical (unpaired) electrons. The Morgan fingerprint density at radius 3 is 1.40 bits per heavy atom. The summed E-state index contributed by atoms with van der Waals surface area (Å²) in [4.78, 5) is 0. The summed E-state index contributed by atoms with van der Waals surface area (Å²) in [6.07, 6.45) is 21.4. The molecule has 0 amide bonds. The van der Waals surface area contributed by atoms with Crippen LogP contribution >= 0.6 is 0 Å². The predicted molar refractivity (Wildman–Crippen MR) is 113 cm³/mol. The molecular weight excluding hydrogens is 306 g/mol. The molecule has 0 aromatic heterocycles. The van der Waals surface area contributed by atoms with E-state index in [9.17, 15) is 5.11 Å². The van der Waals surface area contributed by atoms with Crippen LogP contribution in [0.1, 0.15) is 130 Å². The fourth-order valence-corrected chi connectivity index (χ4v) is 3.79. The number of hydrogen-bond acceptors (Lipinski definition) is 2. The molecule has 2 heteroatoms. The first kappa shape index (κ1) is 24.9. The Morgan fingerprint density at radius 2 is 1.08 bits per heavy atom. The molecule has 0 heterocycles. The van der Waals surface area contributed by atoms with Crippen LogP contribution in [0.4, 0.5) is 0 Å². The van der Waals surface area contributed by atoms with Gasteiger partial charge in [-0.3, -0.25) is 0 Å².